The van der Waals surface area contributed by atoms with Gasteiger partial charge in [0.2, 0.25) is 0 Å². The zero-order valence-electron chi connectivity index (χ0n) is 8.77. The van der Waals surface area contributed by atoms with Gasteiger partial charge in [-0.3, -0.25) is 9.59 Å². The van der Waals surface area contributed by atoms with Crippen LogP contribution in [0.15, 0.2) is 17.1 Å². The van der Waals surface area contributed by atoms with Crippen LogP contribution in [0.4, 0.5) is 3.89 Å². The number of aromatic nitrogens is 2. The fourth-order valence-corrected chi connectivity index (χ4v) is 2.55. The lowest BCUT2D eigenvalue weighted by Gasteiger charge is -2.01. The Bertz CT molecular complexity index is 657. The van der Waals surface area contributed by atoms with Gasteiger partial charge in [0.15, 0.2) is 18.6 Å². The molecular weight excluding hydrogens is 243 g/mol. The molecule has 2 aromatic rings. The van der Waals surface area contributed by atoms with Crippen molar-refractivity contribution in [3.63, 3.8) is 0 Å². The molecule has 1 N–H and O–H groups in total. The number of nitrogens with one attached hydrogen (secondary N) is 1. The molecule has 1 saturated carbocycles. The van der Waals surface area contributed by atoms with E-state index >= 15 is 0 Å². The summed E-state index contributed by atoms with van der Waals surface area (Å²) in [6, 6.07) is 1.58. The van der Waals surface area contributed by atoms with Gasteiger partial charge >= 0.3 is 0 Å². The van der Waals surface area contributed by atoms with Crippen LogP contribution in [0, 0.1) is 0 Å². The quantitative estimate of drug-likeness (QED) is 0.853. The SMILES string of the molecule is O=Cc1cc2c(C3CC3)c[nH]c(=O)c2n1SF. The van der Waals surface area contributed by atoms with Gasteiger partial charge < -0.3 is 4.98 Å². The first kappa shape index (κ1) is 10.6. The first-order valence-corrected chi connectivity index (χ1v) is 5.95. The zero-order valence-corrected chi connectivity index (χ0v) is 9.59. The number of carbonyl (C=O) groups is 1. The number of aldehydes is 1. The first-order valence-electron chi connectivity index (χ1n) is 5.27. The van der Waals surface area contributed by atoms with Gasteiger partial charge in [0.1, 0.15) is 5.52 Å². The Balaban J connectivity index is 2.41. The van der Waals surface area contributed by atoms with Crippen molar-refractivity contribution in [2.45, 2.75) is 18.8 Å². The summed E-state index contributed by atoms with van der Waals surface area (Å²) >= 11 is -0.123. The van der Waals surface area contributed by atoms with Crippen LogP contribution < -0.4 is 5.56 Å². The Kier molecular flexibility index (Phi) is 2.32. The summed E-state index contributed by atoms with van der Waals surface area (Å²) in [4.78, 5) is 25.2. The number of hydrogen-bond donors (Lipinski definition) is 1. The van der Waals surface area contributed by atoms with E-state index in [-0.39, 0.29) is 29.1 Å². The smallest absolute Gasteiger partial charge is 0.273 e. The van der Waals surface area contributed by atoms with Crippen LogP contribution in [0.3, 0.4) is 0 Å². The van der Waals surface area contributed by atoms with E-state index in [9.17, 15) is 13.5 Å². The Morgan fingerprint density at radius 3 is 2.88 bits per heavy atom. The van der Waals surface area contributed by atoms with Gasteiger partial charge in [-0.05, 0) is 30.4 Å². The molecule has 4 nitrogen and oxygen atoms in total. The van der Waals surface area contributed by atoms with Gasteiger partial charge in [-0.25, -0.2) is 3.97 Å². The number of pyridine rings is 1. The van der Waals surface area contributed by atoms with Crippen LogP contribution in [0.1, 0.15) is 34.8 Å². The van der Waals surface area contributed by atoms with Gasteiger partial charge in [-0.15, -0.1) is 3.89 Å². The minimum absolute atomic E-state index is 0.123. The van der Waals surface area contributed by atoms with Gasteiger partial charge in [0, 0.05) is 11.6 Å². The highest BCUT2D eigenvalue weighted by atomic mass is 32.2. The highest BCUT2D eigenvalue weighted by Crippen LogP contribution is 2.43. The van der Waals surface area contributed by atoms with Crippen LogP contribution in [-0.4, -0.2) is 15.2 Å². The molecule has 0 bridgehead atoms. The maximum Gasteiger partial charge on any atom is 0.273 e. The third kappa shape index (κ3) is 1.51. The lowest BCUT2D eigenvalue weighted by molar-refractivity contribution is 0.111. The second kappa shape index (κ2) is 3.73. The van der Waals surface area contributed by atoms with Crippen LogP contribution >= 0.6 is 12.3 Å². The highest BCUT2D eigenvalue weighted by Gasteiger charge is 2.27. The molecule has 0 unspecified atom stereocenters. The van der Waals surface area contributed by atoms with E-state index < -0.39 is 0 Å². The molecule has 0 spiro atoms. The highest BCUT2D eigenvalue weighted by molar-refractivity contribution is 7.93. The Labute approximate surface area is 100 Å². The largest absolute Gasteiger partial charge is 0.327 e. The molecule has 88 valence electrons. The summed E-state index contributed by atoms with van der Waals surface area (Å²) in [6.07, 6.45) is 4.38. The maximum absolute atomic E-state index is 12.8. The first-order chi connectivity index (χ1) is 8.26. The van der Waals surface area contributed by atoms with Crippen LogP contribution in [0.2, 0.25) is 0 Å². The topological polar surface area (TPSA) is 54.9 Å². The lowest BCUT2D eigenvalue weighted by Crippen LogP contribution is -2.09. The number of nitrogens with zero attached hydrogens (tertiary/aromatic N) is 1. The van der Waals surface area contributed by atoms with Crippen molar-refractivity contribution in [1.29, 1.82) is 0 Å². The summed E-state index contributed by atoms with van der Waals surface area (Å²) in [5.74, 6) is 0.425. The Morgan fingerprint density at radius 2 is 2.29 bits per heavy atom. The molecule has 0 saturated heterocycles. The fraction of sp³-hybridized carbons (Fsp3) is 0.273. The number of rotatable bonds is 3. The molecule has 17 heavy (non-hydrogen) atoms. The van der Waals surface area contributed by atoms with E-state index in [1.165, 1.54) is 0 Å². The van der Waals surface area contributed by atoms with Crippen LogP contribution in [-0.2, 0) is 0 Å². The molecule has 3 rings (SSSR count). The molecule has 1 fully saturated rings. The van der Waals surface area contributed by atoms with Crippen LogP contribution in [0.25, 0.3) is 10.9 Å². The van der Waals surface area contributed by atoms with Gasteiger partial charge in [0.25, 0.3) is 5.56 Å². The summed E-state index contributed by atoms with van der Waals surface area (Å²) in [6.45, 7) is 0. The standard InChI is InChI=1S/C11H9FN2O2S/c12-17-14-7(5-15)3-8-9(6-1-2-6)4-13-11(16)10(8)14/h3-6H,1-2H2,(H,13,16). The number of halogens is 1. The predicted octanol–water partition coefficient (Wildman–Crippen LogP) is 2.40. The second-order valence-electron chi connectivity index (χ2n) is 4.16. The Hall–Kier alpha value is -1.56. The van der Waals surface area contributed by atoms with Crippen molar-refractivity contribution >= 4 is 29.5 Å². The van der Waals surface area contributed by atoms with Crippen molar-refractivity contribution in [2.24, 2.45) is 0 Å². The molecule has 0 aliphatic heterocycles. The van der Waals surface area contributed by atoms with Gasteiger partial charge in [-0.2, -0.15) is 0 Å². The van der Waals surface area contributed by atoms with Crippen LogP contribution in [0.5, 0.6) is 0 Å². The predicted molar refractivity (Wildman–Crippen MR) is 64.0 cm³/mol. The normalized spacial score (nSPS) is 15.4. The van der Waals surface area contributed by atoms with E-state index in [0.29, 0.717) is 17.6 Å². The molecule has 0 amide bonds. The number of hydrogen-bond acceptors (Lipinski definition) is 3. The number of carbonyl (C=O) groups excluding carboxylic acids is 1. The molecular formula is C11H9FN2O2S. The monoisotopic (exact) mass is 252 g/mol. The molecule has 1 aliphatic carbocycles. The molecule has 1 aliphatic rings. The zero-order chi connectivity index (χ0) is 12.0. The number of fused-ring (bicyclic) bond motifs is 1. The van der Waals surface area contributed by atoms with E-state index in [1.807, 2.05) is 0 Å². The summed E-state index contributed by atoms with van der Waals surface area (Å²) in [5, 5.41) is 0.684. The Morgan fingerprint density at radius 1 is 1.53 bits per heavy atom. The molecule has 2 heterocycles. The second-order valence-corrected chi connectivity index (χ2v) is 4.66. The molecule has 6 heteroatoms. The van der Waals surface area contributed by atoms with Crippen molar-refractivity contribution in [3.8, 4) is 0 Å². The summed E-state index contributed by atoms with van der Waals surface area (Å²) in [5.41, 5.74) is 1.02. The number of aromatic amines is 1. The van der Waals surface area contributed by atoms with Gasteiger partial charge in [-0.1, -0.05) is 0 Å². The van der Waals surface area contributed by atoms with Crippen molar-refractivity contribution in [3.05, 3.63) is 33.9 Å². The van der Waals surface area contributed by atoms with E-state index in [0.717, 1.165) is 22.4 Å². The van der Waals surface area contributed by atoms with Crippen molar-refractivity contribution in [2.75, 3.05) is 0 Å². The average molecular weight is 252 g/mol. The average Bonchev–Trinajstić information content (AvgIpc) is 3.09. The fourth-order valence-electron chi connectivity index (χ4n) is 2.13. The molecule has 0 atom stereocenters. The minimum atomic E-state index is -0.373. The van der Waals surface area contributed by atoms with Crippen molar-refractivity contribution in [1.82, 2.24) is 8.96 Å². The lowest BCUT2D eigenvalue weighted by atomic mass is 10.1. The molecule has 0 aromatic carbocycles. The van der Waals surface area contributed by atoms with E-state index in [4.69, 9.17) is 0 Å². The van der Waals surface area contributed by atoms with Crippen molar-refractivity contribution < 1.29 is 8.68 Å². The molecule has 0 radical (unpaired) electrons. The molecule has 2 aromatic heterocycles. The summed E-state index contributed by atoms with van der Waals surface area (Å²) < 4.78 is 13.9. The maximum atomic E-state index is 12.8. The third-order valence-corrected chi connectivity index (χ3v) is 3.61. The van der Waals surface area contributed by atoms with Gasteiger partial charge in [0.05, 0.1) is 5.69 Å². The number of H-pyrrole nitrogens is 1. The minimum Gasteiger partial charge on any atom is -0.327 e. The van der Waals surface area contributed by atoms with E-state index in [2.05, 4.69) is 4.98 Å². The third-order valence-electron chi connectivity index (χ3n) is 3.08. The summed E-state index contributed by atoms with van der Waals surface area (Å²) in [7, 11) is 0. The van der Waals surface area contributed by atoms with E-state index in [1.54, 1.807) is 12.3 Å².